The molecule has 3 aromatic rings. The average molecular weight is 213 g/mol. The number of aryl methyl sites for hydroxylation is 1. The van der Waals surface area contributed by atoms with Gasteiger partial charge in [-0.2, -0.15) is 5.10 Å². The van der Waals surface area contributed by atoms with Gasteiger partial charge in [0, 0.05) is 13.2 Å². The van der Waals surface area contributed by atoms with Crippen LogP contribution in [0.4, 0.5) is 5.69 Å². The molecule has 0 aliphatic carbocycles. The van der Waals surface area contributed by atoms with Gasteiger partial charge in [0.2, 0.25) is 0 Å². The molecular formula is C11H11N5. The van der Waals surface area contributed by atoms with Gasteiger partial charge in [-0.15, -0.1) is 0 Å². The monoisotopic (exact) mass is 213 g/mol. The summed E-state index contributed by atoms with van der Waals surface area (Å²) in [5, 5.41) is 4.32. The van der Waals surface area contributed by atoms with Crippen LogP contribution in [0.3, 0.4) is 0 Å². The molecule has 80 valence electrons. The van der Waals surface area contributed by atoms with Crippen LogP contribution in [0.15, 0.2) is 36.8 Å². The van der Waals surface area contributed by atoms with Crippen molar-refractivity contribution in [3.05, 3.63) is 36.8 Å². The SMILES string of the molecule is Cn1cc(N)c(-n2cnc3ccccc32)n1. The fraction of sp³-hybridized carbons (Fsp3) is 0.0909. The molecular weight excluding hydrogens is 202 g/mol. The first-order valence-corrected chi connectivity index (χ1v) is 4.97. The van der Waals surface area contributed by atoms with Crippen LogP contribution < -0.4 is 5.73 Å². The molecule has 5 nitrogen and oxygen atoms in total. The van der Waals surface area contributed by atoms with Gasteiger partial charge < -0.3 is 5.73 Å². The number of hydrogen-bond acceptors (Lipinski definition) is 3. The van der Waals surface area contributed by atoms with Gasteiger partial charge in [-0.25, -0.2) is 4.98 Å². The van der Waals surface area contributed by atoms with E-state index in [4.69, 9.17) is 5.73 Å². The first-order valence-electron chi connectivity index (χ1n) is 4.97. The lowest BCUT2D eigenvalue weighted by Gasteiger charge is -2.00. The third-order valence-corrected chi connectivity index (χ3v) is 2.52. The van der Waals surface area contributed by atoms with Gasteiger partial charge >= 0.3 is 0 Å². The van der Waals surface area contributed by atoms with E-state index in [1.54, 1.807) is 17.2 Å². The number of imidazole rings is 1. The van der Waals surface area contributed by atoms with Gasteiger partial charge in [-0.3, -0.25) is 9.25 Å². The van der Waals surface area contributed by atoms with Gasteiger partial charge in [-0.1, -0.05) is 12.1 Å². The first-order chi connectivity index (χ1) is 7.75. The van der Waals surface area contributed by atoms with Gasteiger partial charge in [0.05, 0.1) is 16.7 Å². The molecule has 1 aromatic carbocycles. The van der Waals surface area contributed by atoms with Crippen LogP contribution >= 0.6 is 0 Å². The quantitative estimate of drug-likeness (QED) is 0.663. The molecule has 3 rings (SSSR count). The van der Waals surface area contributed by atoms with E-state index in [-0.39, 0.29) is 0 Å². The van der Waals surface area contributed by atoms with Crippen molar-refractivity contribution in [3.63, 3.8) is 0 Å². The Hall–Kier alpha value is -2.30. The Morgan fingerprint density at radius 2 is 2.06 bits per heavy atom. The van der Waals surface area contributed by atoms with Gasteiger partial charge in [0.1, 0.15) is 6.33 Å². The Kier molecular flexibility index (Phi) is 1.73. The van der Waals surface area contributed by atoms with E-state index in [2.05, 4.69) is 10.1 Å². The van der Waals surface area contributed by atoms with Crippen molar-refractivity contribution < 1.29 is 0 Å². The molecule has 0 saturated carbocycles. The molecule has 0 aliphatic heterocycles. The number of nitrogens with two attached hydrogens (primary N) is 1. The van der Waals surface area contributed by atoms with Crippen molar-refractivity contribution in [2.24, 2.45) is 7.05 Å². The summed E-state index contributed by atoms with van der Waals surface area (Å²) in [5.74, 6) is 0.719. The fourth-order valence-electron chi connectivity index (χ4n) is 1.81. The number of fused-ring (bicyclic) bond motifs is 1. The minimum absolute atomic E-state index is 0.644. The number of nitrogen functional groups attached to an aromatic ring is 1. The maximum atomic E-state index is 5.89. The van der Waals surface area contributed by atoms with Crippen LogP contribution in [0.25, 0.3) is 16.9 Å². The van der Waals surface area contributed by atoms with Crippen molar-refractivity contribution >= 4 is 16.7 Å². The van der Waals surface area contributed by atoms with Gasteiger partial charge in [0.25, 0.3) is 0 Å². The molecule has 16 heavy (non-hydrogen) atoms. The van der Waals surface area contributed by atoms with E-state index in [9.17, 15) is 0 Å². The second kappa shape index (κ2) is 3.10. The largest absolute Gasteiger partial charge is 0.394 e. The van der Waals surface area contributed by atoms with Crippen LogP contribution in [-0.4, -0.2) is 19.3 Å². The summed E-state index contributed by atoms with van der Waals surface area (Å²) in [7, 11) is 1.85. The van der Waals surface area contributed by atoms with Crippen molar-refractivity contribution in [2.45, 2.75) is 0 Å². The smallest absolute Gasteiger partial charge is 0.183 e. The molecule has 0 spiro atoms. The van der Waals surface area contributed by atoms with Crippen molar-refractivity contribution in [1.82, 2.24) is 19.3 Å². The molecule has 5 heteroatoms. The molecule has 0 unspecified atom stereocenters. The first kappa shape index (κ1) is 8.96. The maximum Gasteiger partial charge on any atom is 0.183 e. The van der Waals surface area contributed by atoms with Crippen LogP contribution in [0.2, 0.25) is 0 Å². The van der Waals surface area contributed by atoms with Gasteiger partial charge in [0.15, 0.2) is 5.82 Å². The lowest BCUT2D eigenvalue weighted by Crippen LogP contribution is -1.97. The summed E-state index contributed by atoms with van der Waals surface area (Å²) in [5.41, 5.74) is 8.48. The summed E-state index contributed by atoms with van der Waals surface area (Å²) in [6, 6.07) is 7.89. The summed E-state index contributed by atoms with van der Waals surface area (Å²) < 4.78 is 3.59. The highest BCUT2D eigenvalue weighted by Gasteiger charge is 2.09. The predicted molar refractivity (Wildman–Crippen MR) is 62.2 cm³/mol. The Morgan fingerprint density at radius 1 is 1.25 bits per heavy atom. The molecule has 2 N–H and O–H groups in total. The molecule has 0 atom stereocenters. The number of anilines is 1. The number of benzene rings is 1. The second-order valence-corrected chi connectivity index (χ2v) is 3.69. The van der Waals surface area contributed by atoms with E-state index in [0.717, 1.165) is 16.9 Å². The number of para-hydroxylation sites is 2. The summed E-state index contributed by atoms with van der Waals surface area (Å²) in [4.78, 5) is 4.30. The molecule has 0 bridgehead atoms. The minimum Gasteiger partial charge on any atom is -0.394 e. The van der Waals surface area contributed by atoms with Crippen LogP contribution in [-0.2, 0) is 7.05 Å². The molecule has 2 aromatic heterocycles. The highest BCUT2D eigenvalue weighted by Crippen LogP contribution is 2.20. The Balaban J connectivity index is 2.30. The zero-order valence-corrected chi connectivity index (χ0v) is 8.83. The maximum absolute atomic E-state index is 5.89. The second-order valence-electron chi connectivity index (χ2n) is 3.69. The molecule has 0 aliphatic rings. The highest BCUT2D eigenvalue weighted by molar-refractivity contribution is 5.78. The lowest BCUT2D eigenvalue weighted by molar-refractivity contribution is 0.753. The highest BCUT2D eigenvalue weighted by atomic mass is 15.3. The number of rotatable bonds is 1. The van der Waals surface area contributed by atoms with Crippen LogP contribution in [0, 0.1) is 0 Å². The number of hydrogen-bond donors (Lipinski definition) is 1. The Labute approximate surface area is 92.1 Å². The minimum atomic E-state index is 0.644. The standard InChI is InChI=1S/C11H11N5/c1-15-6-8(12)11(14-15)16-7-13-9-4-2-3-5-10(9)16/h2-7H,12H2,1H3. The van der Waals surface area contributed by atoms with E-state index in [0.29, 0.717) is 5.69 Å². The third kappa shape index (κ3) is 1.18. The molecule has 0 fully saturated rings. The normalized spacial score (nSPS) is 11.1. The topological polar surface area (TPSA) is 61.7 Å². The van der Waals surface area contributed by atoms with Crippen molar-refractivity contribution in [2.75, 3.05) is 5.73 Å². The Bertz CT molecular complexity index is 649. The lowest BCUT2D eigenvalue weighted by atomic mass is 10.3. The van der Waals surface area contributed by atoms with E-state index < -0.39 is 0 Å². The number of nitrogens with zero attached hydrogens (tertiary/aromatic N) is 4. The fourth-order valence-corrected chi connectivity index (χ4v) is 1.81. The van der Waals surface area contributed by atoms with Crippen molar-refractivity contribution in [3.8, 4) is 5.82 Å². The zero-order valence-electron chi connectivity index (χ0n) is 8.83. The Morgan fingerprint density at radius 3 is 2.81 bits per heavy atom. The van der Waals surface area contributed by atoms with E-state index >= 15 is 0 Å². The number of aromatic nitrogens is 4. The summed E-state index contributed by atoms with van der Waals surface area (Å²) >= 11 is 0. The third-order valence-electron chi connectivity index (χ3n) is 2.52. The average Bonchev–Trinajstić information content (AvgIpc) is 2.81. The molecule has 2 heterocycles. The van der Waals surface area contributed by atoms with Crippen LogP contribution in [0.5, 0.6) is 0 Å². The molecule has 0 saturated heterocycles. The predicted octanol–water partition coefficient (Wildman–Crippen LogP) is 1.34. The van der Waals surface area contributed by atoms with E-state index in [1.165, 1.54) is 0 Å². The van der Waals surface area contributed by atoms with Crippen molar-refractivity contribution in [1.29, 1.82) is 0 Å². The summed E-state index contributed by atoms with van der Waals surface area (Å²) in [6.45, 7) is 0. The van der Waals surface area contributed by atoms with Crippen LogP contribution in [0.1, 0.15) is 0 Å². The van der Waals surface area contributed by atoms with E-state index in [1.807, 2.05) is 35.9 Å². The summed E-state index contributed by atoms with van der Waals surface area (Å²) in [6.07, 6.45) is 3.52. The zero-order chi connectivity index (χ0) is 11.1. The van der Waals surface area contributed by atoms with Gasteiger partial charge in [-0.05, 0) is 12.1 Å². The molecule has 0 radical (unpaired) electrons. The molecule has 0 amide bonds.